The van der Waals surface area contributed by atoms with Gasteiger partial charge in [0.1, 0.15) is 0 Å². The second-order valence-corrected chi connectivity index (χ2v) is 19.3. The fraction of sp³-hybridized carbons (Fsp3) is 0.857. The lowest BCUT2D eigenvalue weighted by atomic mass is 9.32. The van der Waals surface area contributed by atoms with E-state index in [0.717, 1.165) is 75.7 Å². The largest absolute Gasteiger partial charge is 0.450 e. The molecule has 7 saturated carbocycles. The molecule has 10 aliphatic carbocycles. The summed E-state index contributed by atoms with van der Waals surface area (Å²) in [4.78, 5) is 30.4. The third kappa shape index (κ3) is 4.35. The summed E-state index contributed by atoms with van der Waals surface area (Å²) < 4.78 is 5.69. The SMILES string of the molecule is CCOC(=O)N(CC1CCC2CC1C2(C)C)CC1(O)CCC2C34C=CC5(C=C3C(=O)C3CCCCC3)CC(O)CCC5(C)C4CCC21C. The number of hydrogen-bond donors (Lipinski definition) is 2. The third-order valence-electron chi connectivity index (χ3n) is 17.4. The van der Waals surface area contributed by atoms with Crippen LogP contribution in [0, 0.1) is 62.6 Å². The maximum atomic E-state index is 14.9. The zero-order chi connectivity index (χ0) is 33.9. The van der Waals surface area contributed by atoms with E-state index in [0.29, 0.717) is 61.5 Å². The Labute approximate surface area is 289 Å². The van der Waals surface area contributed by atoms with Gasteiger partial charge in [0.05, 0.1) is 24.9 Å². The minimum atomic E-state index is -1.06. The van der Waals surface area contributed by atoms with Gasteiger partial charge in [0.2, 0.25) is 0 Å². The molecule has 10 rings (SSSR count). The number of hydrogen-bond acceptors (Lipinski definition) is 5. The van der Waals surface area contributed by atoms with Gasteiger partial charge in [0, 0.05) is 34.3 Å². The molecule has 11 atom stereocenters. The predicted molar refractivity (Wildman–Crippen MR) is 187 cm³/mol. The van der Waals surface area contributed by atoms with Gasteiger partial charge in [-0.25, -0.2) is 4.79 Å². The van der Waals surface area contributed by atoms with Crippen molar-refractivity contribution in [3.05, 3.63) is 23.8 Å². The Morgan fingerprint density at radius 1 is 0.896 bits per heavy atom. The highest BCUT2D eigenvalue weighted by atomic mass is 16.6. The Bertz CT molecular complexity index is 1390. The first-order valence-corrected chi connectivity index (χ1v) is 20.0. The summed E-state index contributed by atoms with van der Waals surface area (Å²) in [6.45, 7) is 12.7. The number of ether oxygens (including phenoxy) is 1. The van der Waals surface area contributed by atoms with E-state index in [-0.39, 0.29) is 34.9 Å². The number of ketones is 1. The van der Waals surface area contributed by atoms with Gasteiger partial charge in [-0.15, -0.1) is 0 Å². The van der Waals surface area contributed by atoms with Gasteiger partial charge in [-0.2, -0.15) is 0 Å². The Kier molecular flexibility index (Phi) is 7.79. The van der Waals surface area contributed by atoms with E-state index in [1.165, 1.54) is 19.3 Å². The Morgan fingerprint density at radius 3 is 2.31 bits per heavy atom. The lowest BCUT2D eigenvalue weighted by Gasteiger charge is -2.71. The monoisotopic (exact) mass is 661 g/mol. The van der Waals surface area contributed by atoms with Crippen molar-refractivity contribution >= 4 is 11.9 Å². The maximum Gasteiger partial charge on any atom is 0.409 e. The van der Waals surface area contributed by atoms with Crippen LogP contribution < -0.4 is 0 Å². The number of rotatable bonds is 7. The molecule has 2 spiro atoms. The van der Waals surface area contributed by atoms with Crippen molar-refractivity contribution in [3.8, 4) is 0 Å². The van der Waals surface area contributed by atoms with Crippen molar-refractivity contribution in [1.29, 1.82) is 0 Å². The molecule has 0 aromatic carbocycles. The topological polar surface area (TPSA) is 87.1 Å². The van der Waals surface area contributed by atoms with Crippen LogP contribution in [0.2, 0.25) is 0 Å². The zero-order valence-electron chi connectivity index (χ0n) is 30.6. The molecule has 11 unspecified atom stereocenters. The van der Waals surface area contributed by atoms with Gasteiger partial charge in [-0.1, -0.05) is 65.2 Å². The average molecular weight is 662 g/mol. The number of carbonyl (C=O) groups excluding carboxylic acids is 2. The summed E-state index contributed by atoms with van der Waals surface area (Å²) in [6, 6.07) is 0. The number of aliphatic hydroxyl groups excluding tert-OH is 1. The number of Topliss-reactive ketones (excluding diaryl/α,β-unsaturated/α-hetero) is 1. The Morgan fingerprint density at radius 2 is 1.60 bits per heavy atom. The molecule has 266 valence electrons. The van der Waals surface area contributed by atoms with Gasteiger partial charge in [-0.05, 0) is 124 Å². The Hall–Kier alpha value is -1.66. The first kappa shape index (κ1) is 33.5. The van der Waals surface area contributed by atoms with Crippen LogP contribution in [0.25, 0.3) is 0 Å². The highest BCUT2D eigenvalue weighted by Gasteiger charge is 2.74. The molecule has 0 aromatic heterocycles. The summed E-state index contributed by atoms with van der Waals surface area (Å²) in [6.07, 6.45) is 21.5. The maximum absolute atomic E-state index is 14.9. The van der Waals surface area contributed by atoms with Crippen LogP contribution in [0.4, 0.5) is 4.79 Å². The molecule has 0 saturated heterocycles. The van der Waals surface area contributed by atoms with Crippen molar-refractivity contribution in [3.63, 3.8) is 0 Å². The fourth-order valence-corrected chi connectivity index (χ4v) is 14.4. The lowest BCUT2D eigenvalue weighted by Crippen LogP contribution is -2.67. The average Bonchev–Trinajstić information content (AvgIpc) is 3.34. The number of allylic oxidation sites excluding steroid dienone is 4. The Balaban J connectivity index is 1.15. The van der Waals surface area contributed by atoms with Crippen molar-refractivity contribution in [1.82, 2.24) is 4.90 Å². The highest BCUT2D eigenvalue weighted by Crippen LogP contribution is 2.78. The first-order chi connectivity index (χ1) is 22.7. The fourth-order valence-electron chi connectivity index (χ4n) is 14.4. The van der Waals surface area contributed by atoms with Crippen LogP contribution in [-0.2, 0) is 9.53 Å². The standard InChI is InChI=1S/C42H63NO5/c1-6-48-36(46)43(25-28-12-13-29-22-31(28)37(29,2)3)26-41(47)19-16-34-39(41,5)18-15-33-38(4)17-14-30(44)23-40(38)20-21-42(33,34)32(24-40)35(45)27-10-8-7-9-11-27/h20-21,24,27-31,33-34,44,47H,6-19,22-23,25-26H2,1-5H3. The number of carbonyl (C=O) groups is 2. The van der Waals surface area contributed by atoms with E-state index in [1.54, 1.807) is 0 Å². The molecule has 0 heterocycles. The zero-order valence-corrected chi connectivity index (χ0v) is 30.6. The molecule has 0 radical (unpaired) electrons. The minimum absolute atomic E-state index is 0.0231. The van der Waals surface area contributed by atoms with Crippen molar-refractivity contribution < 1.29 is 24.5 Å². The molecule has 7 fully saturated rings. The summed E-state index contributed by atoms with van der Waals surface area (Å²) in [7, 11) is 0. The highest BCUT2D eigenvalue weighted by molar-refractivity contribution is 6.00. The molecule has 10 aliphatic rings. The van der Waals surface area contributed by atoms with Gasteiger partial charge in [0.15, 0.2) is 5.78 Å². The van der Waals surface area contributed by atoms with E-state index in [4.69, 9.17) is 4.74 Å². The summed E-state index contributed by atoms with van der Waals surface area (Å²) in [5, 5.41) is 24.1. The molecule has 1 amide bonds. The number of amides is 1. The van der Waals surface area contributed by atoms with Crippen LogP contribution in [0.1, 0.15) is 131 Å². The van der Waals surface area contributed by atoms with Gasteiger partial charge in [0.25, 0.3) is 0 Å². The molecule has 2 N–H and O–H groups in total. The minimum Gasteiger partial charge on any atom is -0.450 e. The second-order valence-electron chi connectivity index (χ2n) is 19.3. The summed E-state index contributed by atoms with van der Waals surface area (Å²) in [5.41, 5.74) is -0.865. The number of fused-ring (bicyclic) bond motifs is 3. The quantitative estimate of drug-likeness (QED) is 0.268. The molecule has 4 bridgehead atoms. The molecular weight excluding hydrogens is 598 g/mol. The van der Waals surface area contributed by atoms with Crippen LogP contribution in [0.5, 0.6) is 0 Å². The van der Waals surface area contributed by atoms with Crippen LogP contribution >= 0.6 is 0 Å². The predicted octanol–water partition coefficient (Wildman–Crippen LogP) is 8.26. The lowest BCUT2D eigenvalue weighted by molar-refractivity contribution is -0.180. The van der Waals surface area contributed by atoms with Crippen molar-refractivity contribution in [2.45, 2.75) is 143 Å². The van der Waals surface area contributed by atoms with Crippen molar-refractivity contribution in [2.75, 3.05) is 19.7 Å². The third-order valence-corrected chi connectivity index (χ3v) is 17.4. The second kappa shape index (κ2) is 11.2. The van der Waals surface area contributed by atoms with E-state index < -0.39 is 16.4 Å². The smallest absolute Gasteiger partial charge is 0.409 e. The van der Waals surface area contributed by atoms with E-state index in [1.807, 2.05) is 11.8 Å². The number of aliphatic hydroxyl groups is 2. The normalized spacial score (nSPS) is 48.4. The van der Waals surface area contributed by atoms with Crippen LogP contribution in [0.3, 0.4) is 0 Å². The summed E-state index contributed by atoms with van der Waals surface area (Å²) >= 11 is 0. The molecular formula is C42H63NO5. The van der Waals surface area contributed by atoms with E-state index >= 15 is 0 Å². The van der Waals surface area contributed by atoms with Crippen molar-refractivity contribution in [2.24, 2.45) is 62.6 Å². The molecule has 48 heavy (non-hydrogen) atoms. The van der Waals surface area contributed by atoms with E-state index in [9.17, 15) is 19.8 Å². The first-order valence-electron chi connectivity index (χ1n) is 20.0. The molecule has 0 aromatic rings. The van der Waals surface area contributed by atoms with Crippen LogP contribution in [0.15, 0.2) is 23.8 Å². The van der Waals surface area contributed by atoms with E-state index in [2.05, 4.69) is 45.9 Å². The van der Waals surface area contributed by atoms with Crippen LogP contribution in [-0.4, -0.2) is 58.4 Å². The number of nitrogens with zero attached hydrogens (tertiary/aromatic N) is 1. The van der Waals surface area contributed by atoms with Gasteiger partial charge in [-0.3, -0.25) is 4.79 Å². The molecule has 6 nitrogen and oxygen atoms in total. The molecule has 0 aliphatic heterocycles. The van der Waals surface area contributed by atoms with Gasteiger partial charge >= 0.3 is 6.09 Å². The molecule has 6 heteroatoms. The van der Waals surface area contributed by atoms with Gasteiger partial charge < -0.3 is 19.8 Å². The summed E-state index contributed by atoms with van der Waals surface area (Å²) in [5.74, 6) is 2.73.